The third-order valence-electron chi connectivity index (χ3n) is 2.57. The minimum Gasteiger partial charge on any atom is -0.388 e. The highest BCUT2D eigenvalue weighted by molar-refractivity contribution is 5.26. The minimum atomic E-state index is -2.46. The Bertz CT molecular complexity index is 321. The van der Waals surface area contributed by atoms with Crippen molar-refractivity contribution in [3.63, 3.8) is 0 Å². The molecule has 1 saturated carbocycles. The Morgan fingerprint density at radius 2 is 1.86 bits per heavy atom. The number of aliphatic hydroxyl groups is 1. The summed E-state index contributed by atoms with van der Waals surface area (Å²) in [6, 6.07) is 6.05. The van der Waals surface area contributed by atoms with Gasteiger partial charge >= 0.3 is 0 Å². The normalized spacial score (nSPS) is 18.6. The fraction of sp³-hybridized carbons (Fsp3) is 0.455. The van der Waals surface area contributed by atoms with Crippen molar-refractivity contribution in [2.75, 3.05) is 0 Å². The Morgan fingerprint density at radius 1 is 1.21 bits per heavy atom. The summed E-state index contributed by atoms with van der Waals surface area (Å²) in [5.41, 5.74) is 0.604. The average molecular weight is 198 g/mol. The van der Waals surface area contributed by atoms with Gasteiger partial charge in [0.1, 0.15) is 0 Å². The summed E-state index contributed by atoms with van der Waals surface area (Å²) >= 11 is 0. The Hall–Kier alpha value is -0.960. The molecule has 76 valence electrons. The highest BCUT2D eigenvalue weighted by Crippen LogP contribution is 2.41. The van der Waals surface area contributed by atoms with E-state index in [-0.39, 0.29) is 11.5 Å². The van der Waals surface area contributed by atoms with Crippen LogP contribution in [0.5, 0.6) is 0 Å². The third-order valence-corrected chi connectivity index (χ3v) is 2.57. The van der Waals surface area contributed by atoms with Crippen molar-refractivity contribution >= 4 is 0 Å². The third kappa shape index (κ3) is 1.93. The molecule has 1 aromatic carbocycles. The molecule has 1 aromatic rings. The van der Waals surface area contributed by atoms with Gasteiger partial charge in [-0.25, -0.2) is 8.78 Å². The van der Waals surface area contributed by atoms with Crippen LogP contribution in [0.4, 0.5) is 8.78 Å². The van der Waals surface area contributed by atoms with E-state index >= 15 is 0 Å². The van der Waals surface area contributed by atoms with Gasteiger partial charge in [-0.2, -0.15) is 0 Å². The van der Waals surface area contributed by atoms with Gasteiger partial charge in [0.15, 0.2) is 0 Å². The van der Waals surface area contributed by atoms with Gasteiger partial charge in [0.2, 0.25) is 0 Å². The number of alkyl halides is 2. The maximum Gasteiger partial charge on any atom is 0.263 e. The number of aliphatic hydroxyl groups excluding tert-OH is 1. The predicted octanol–water partition coefficient (Wildman–Crippen LogP) is 3.07. The molecule has 0 radical (unpaired) electrons. The molecular formula is C11H12F2O. The zero-order chi connectivity index (χ0) is 10.1. The summed E-state index contributed by atoms with van der Waals surface area (Å²) in [7, 11) is 0. The van der Waals surface area contributed by atoms with Crippen molar-refractivity contribution in [1.82, 2.24) is 0 Å². The van der Waals surface area contributed by atoms with Gasteiger partial charge in [0.05, 0.1) is 6.10 Å². The van der Waals surface area contributed by atoms with E-state index in [1.54, 1.807) is 12.1 Å². The van der Waals surface area contributed by atoms with Crippen LogP contribution < -0.4 is 0 Å². The Balaban J connectivity index is 2.20. The first-order valence-electron chi connectivity index (χ1n) is 4.74. The second-order valence-corrected chi connectivity index (χ2v) is 3.75. The molecule has 0 saturated heterocycles. The van der Waals surface area contributed by atoms with Crippen molar-refractivity contribution in [3.05, 3.63) is 35.4 Å². The van der Waals surface area contributed by atoms with Gasteiger partial charge in [-0.05, 0) is 30.4 Å². The van der Waals surface area contributed by atoms with Crippen LogP contribution in [0, 0.1) is 5.92 Å². The van der Waals surface area contributed by atoms with Gasteiger partial charge < -0.3 is 5.11 Å². The summed E-state index contributed by atoms with van der Waals surface area (Å²) in [5.74, 6) is 0.280. The number of hydrogen-bond acceptors (Lipinski definition) is 1. The lowest BCUT2D eigenvalue weighted by atomic mass is 10.0. The quantitative estimate of drug-likeness (QED) is 0.791. The van der Waals surface area contributed by atoms with Crippen LogP contribution >= 0.6 is 0 Å². The molecule has 1 unspecified atom stereocenters. The molecule has 3 heteroatoms. The van der Waals surface area contributed by atoms with E-state index in [4.69, 9.17) is 0 Å². The topological polar surface area (TPSA) is 20.2 Å². The molecule has 14 heavy (non-hydrogen) atoms. The molecule has 1 N–H and O–H groups in total. The van der Waals surface area contributed by atoms with Crippen molar-refractivity contribution < 1.29 is 13.9 Å². The van der Waals surface area contributed by atoms with E-state index in [2.05, 4.69) is 0 Å². The van der Waals surface area contributed by atoms with Crippen LogP contribution in [0.15, 0.2) is 24.3 Å². The second kappa shape index (κ2) is 3.65. The monoisotopic (exact) mass is 198 g/mol. The van der Waals surface area contributed by atoms with Crippen molar-refractivity contribution in [3.8, 4) is 0 Å². The van der Waals surface area contributed by atoms with E-state index in [9.17, 15) is 13.9 Å². The summed E-state index contributed by atoms with van der Waals surface area (Å²) in [6.07, 6.45) is -1.02. The van der Waals surface area contributed by atoms with Crippen molar-refractivity contribution in [2.45, 2.75) is 25.4 Å². The van der Waals surface area contributed by atoms with Crippen molar-refractivity contribution in [1.29, 1.82) is 0 Å². The van der Waals surface area contributed by atoms with E-state index in [0.29, 0.717) is 5.56 Å². The average Bonchev–Trinajstić information content (AvgIpc) is 3.00. The predicted molar refractivity (Wildman–Crippen MR) is 49.1 cm³/mol. The highest BCUT2D eigenvalue weighted by atomic mass is 19.3. The van der Waals surface area contributed by atoms with Crippen LogP contribution in [-0.2, 0) is 0 Å². The number of benzene rings is 1. The van der Waals surface area contributed by atoms with Crippen LogP contribution in [0.3, 0.4) is 0 Å². The first-order valence-corrected chi connectivity index (χ1v) is 4.74. The van der Waals surface area contributed by atoms with Gasteiger partial charge in [0, 0.05) is 5.56 Å². The van der Waals surface area contributed by atoms with E-state index in [1.807, 2.05) is 0 Å². The maximum absolute atomic E-state index is 12.3. The molecule has 1 aliphatic rings. The minimum absolute atomic E-state index is 0.0119. The Morgan fingerprint density at radius 3 is 2.43 bits per heavy atom. The van der Waals surface area contributed by atoms with Gasteiger partial charge in [-0.3, -0.25) is 0 Å². The molecule has 1 nitrogen and oxygen atoms in total. The molecule has 1 atom stereocenters. The van der Waals surface area contributed by atoms with E-state index < -0.39 is 12.5 Å². The molecule has 1 fully saturated rings. The van der Waals surface area contributed by atoms with Gasteiger partial charge in [0.25, 0.3) is 6.43 Å². The summed E-state index contributed by atoms with van der Waals surface area (Å²) in [5, 5.41) is 9.72. The zero-order valence-corrected chi connectivity index (χ0v) is 7.66. The lowest BCUT2D eigenvalue weighted by Crippen LogP contribution is -2.00. The molecule has 0 aliphatic heterocycles. The Kier molecular flexibility index (Phi) is 2.50. The molecule has 1 aliphatic carbocycles. The zero-order valence-electron chi connectivity index (χ0n) is 7.66. The van der Waals surface area contributed by atoms with Crippen LogP contribution in [-0.4, -0.2) is 5.11 Å². The fourth-order valence-corrected chi connectivity index (χ4v) is 1.56. The molecule has 0 bridgehead atoms. The lowest BCUT2D eigenvalue weighted by molar-refractivity contribution is 0.145. The maximum atomic E-state index is 12.3. The molecule has 0 spiro atoms. The van der Waals surface area contributed by atoms with Crippen LogP contribution in [0.2, 0.25) is 0 Å². The molecule has 0 heterocycles. The summed E-state index contributed by atoms with van der Waals surface area (Å²) in [6.45, 7) is 0. The number of rotatable bonds is 3. The van der Waals surface area contributed by atoms with Crippen LogP contribution in [0.25, 0.3) is 0 Å². The first-order chi connectivity index (χ1) is 6.68. The summed E-state index contributed by atoms with van der Waals surface area (Å²) < 4.78 is 24.7. The smallest absolute Gasteiger partial charge is 0.263 e. The van der Waals surface area contributed by atoms with Crippen molar-refractivity contribution in [2.24, 2.45) is 5.92 Å². The molecular weight excluding hydrogens is 186 g/mol. The SMILES string of the molecule is OC(c1cccc(C(F)F)c1)C1CC1. The van der Waals surface area contributed by atoms with E-state index in [1.165, 1.54) is 12.1 Å². The Labute approximate surface area is 81.4 Å². The van der Waals surface area contributed by atoms with Gasteiger partial charge in [-0.1, -0.05) is 18.2 Å². The fourth-order valence-electron chi connectivity index (χ4n) is 1.56. The molecule has 0 amide bonds. The summed E-state index contributed by atoms with van der Waals surface area (Å²) in [4.78, 5) is 0. The molecule has 2 rings (SSSR count). The second-order valence-electron chi connectivity index (χ2n) is 3.75. The first kappa shape index (κ1) is 9.59. The number of hydrogen-bond donors (Lipinski definition) is 1. The van der Waals surface area contributed by atoms with Crippen LogP contribution in [0.1, 0.15) is 36.5 Å². The highest BCUT2D eigenvalue weighted by Gasteiger charge is 2.30. The van der Waals surface area contributed by atoms with E-state index in [0.717, 1.165) is 12.8 Å². The largest absolute Gasteiger partial charge is 0.388 e. The number of halogens is 2. The lowest BCUT2D eigenvalue weighted by Gasteiger charge is -2.10. The van der Waals surface area contributed by atoms with Gasteiger partial charge in [-0.15, -0.1) is 0 Å². The standard InChI is InChI=1S/C11H12F2O/c12-11(13)9-3-1-2-8(6-9)10(14)7-4-5-7/h1-3,6-7,10-11,14H,4-5H2. The molecule has 0 aromatic heterocycles.